The van der Waals surface area contributed by atoms with Crippen LogP contribution in [0.5, 0.6) is 11.8 Å². The molecule has 0 aliphatic heterocycles. The molecule has 1 heterocycles. The van der Waals surface area contributed by atoms with E-state index in [2.05, 4.69) is 18.8 Å². The van der Waals surface area contributed by atoms with Crippen LogP contribution in [0.15, 0.2) is 11.1 Å². The molecule has 3 rings (SSSR count). The maximum absolute atomic E-state index is 9.80. The fraction of sp³-hybridized carbons (Fsp3) is 0.571. The van der Waals surface area contributed by atoms with Gasteiger partial charge in [0.15, 0.2) is 11.8 Å². The van der Waals surface area contributed by atoms with E-state index in [0.29, 0.717) is 0 Å². The first-order valence-corrected chi connectivity index (χ1v) is 6.32. The third-order valence-electron chi connectivity index (χ3n) is 4.44. The summed E-state index contributed by atoms with van der Waals surface area (Å²) in [6, 6.07) is 0. The monoisotopic (exact) mass is 233 g/mol. The number of H-pyrrole nitrogens is 1. The van der Waals surface area contributed by atoms with Gasteiger partial charge >= 0.3 is 0 Å². The molecular weight excluding hydrogens is 214 g/mol. The molecule has 0 fully saturated rings. The number of aromatic nitrogens is 1. The standard InChI is InChI=1S/C14H19NO2/c1-14(2)5-3-4-8-6-9-10(7-11(8)14)13(17)15-12(9)16/h15-17H,3-7H2,1-2H3. The molecule has 3 N–H and O–H groups in total. The average Bonchev–Trinajstić information content (AvgIpc) is 2.53. The van der Waals surface area contributed by atoms with Gasteiger partial charge in [-0.25, -0.2) is 0 Å². The molecule has 0 spiro atoms. The van der Waals surface area contributed by atoms with Gasteiger partial charge in [0, 0.05) is 11.1 Å². The summed E-state index contributed by atoms with van der Waals surface area (Å²) in [6.45, 7) is 4.58. The van der Waals surface area contributed by atoms with Crippen molar-refractivity contribution in [1.29, 1.82) is 0 Å². The number of fused-ring (bicyclic) bond motifs is 1. The second-order valence-electron chi connectivity index (χ2n) is 5.95. The number of aromatic hydroxyl groups is 2. The Kier molecular flexibility index (Phi) is 2.09. The second-order valence-corrected chi connectivity index (χ2v) is 5.95. The number of hydrogen-bond donors (Lipinski definition) is 3. The largest absolute Gasteiger partial charge is 0.494 e. The molecular formula is C14H19NO2. The maximum Gasteiger partial charge on any atom is 0.195 e. The Morgan fingerprint density at radius 3 is 2.41 bits per heavy atom. The van der Waals surface area contributed by atoms with Crippen LogP contribution in [-0.4, -0.2) is 15.2 Å². The lowest BCUT2D eigenvalue weighted by Gasteiger charge is -2.37. The highest BCUT2D eigenvalue weighted by Crippen LogP contribution is 2.48. The second kappa shape index (κ2) is 3.31. The summed E-state index contributed by atoms with van der Waals surface area (Å²) in [5.41, 5.74) is 4.99. The van der Waals surface area contributed by atoms with Crippen LogP contribution in [0.4, 0.5) is 0 Å². The summed E-state index contributed by atoms with van der Waals surface area (Å²) >= 11 is 0. The Morgan fingerprint density at radius 2 is 1.71 bits per heavy atom. The molecule has 0 unspecified atom stereocenters. The van der Waals surface area contributed by atoms with Crippen molar-refractivity contribution in [1.82, 2.24) is 4.98 Å². The SMILES string of the molecule is CC1(C)CCCC2=C1Cc1c(O)[nH]c(O)c1C2. The van der Waals surface area contributed by atoms with E-state index in [1.54, 1.807) is 0 Å². The van der Waals surface area contributed by atoms with E-state index in [1.807, 2.05) is 0 Å². The molecule has 0 bridgehead atoms. The van der Waals surface area contributed by atoms with Crippen LogP contribution in [0.1, 0.15) is 44.2 Å². The molecule has 2 aliphatic rings. The lowest BCUT2D eigenvalue weighted by molar-refractivity contribution is 0.351. The molecule has 92 valence electrons. The van der Waals surface area contributed by atoms with Crippen LogP contribution in [0.2, 0.25) is 0 Å². The molecule has 3 heteroatoms. The Hall–Kier alpha value is -1.38. The van der Waals surface area contributed by atoms with Crippen LogP contribution in [0.3, 0.4) is 0 Å². The molecule has 0 saturated carbocycles. The van der Waals surface area contributed by atoms with Gasteiger partial charge in [-0.15, -0.1) is 0 Å². The topological polar surface area (TPSA) is 56.2 Å². The van der Waals surface area contributed by atoms with E-state index in [9.17, 15) is 10.2 Å². The van der Waals surface area contributed by atoms with Gasteiger partial charge in [-0.3, -0.25) is 4.98 Å². The Balaban J connectivity index is 2.08. The predicted octanol–water partition coefficient (Wildman–Crippen LogP) is 3.03. The summed E-state index contributed by atoms with van der Waals surface area (Å²) in [7, 11) is 0. The summed E-state index contributed by atoms with van der Waals surface area (Å²) < 4.78 is 0. The van der Waals surface area contributed by atoms with Crippen molar-refractivity contribution in [3.63, 3.8) is 0 Å². The molecule has 2 aliphatic carbocycles. The fourth-order valence-electron chi connectivity index (χ4n) is 3.40. The molecule has 0 atom stereocenters. The average molecular weight is 233 g/mol. The third-order valence-corrected chi connectivity index (χ3v) is 4.44. The van der Waals surface area contributed by atoms with Crippen LogP contribution >= 0.6 is 0 Å². The number of allylic oxidation sites excluding steroid dienone is 2. The summed E-state index contributed by atoms with van der Waals surface area (Å²) in [5.74, 6) is 0.290. The van der Waals surface area contributed by atoms with Gasteiger partial charge in [0.05, 0.1) is 0 Å². The van der Waals surface area contributed by atoms with Crippen LogP contribution in [0.25, 0.3) is 0 Å². The van der Waals surface area contributed by atoms with E-state index >= 15 is 0 Å². The van der Waals surface area contributed by atoms with Gasteiger partial charge in [-0.1, -0.05) is 25.0 Å². The van der Waals surface area contributed by atoms with E-state index in [1.165, 1.54) is 24.0 Å². The van der Waals surface area contributed by atoms with Gasteiger partial charge in [-0.2, -0.15) is 0 Å². The van der Waals surface area contributed by atoms with E-state index in [0.717, 1.165) is 30.4 Å². The Morgan fingerprint density at radius 1 is 1.06 bits per heavy atom. The first-order chi connectivity index (χ1) is 7.99. The quantitative estimate of drug-likeness (QED) is 0.603. The molecule has 1 aromatic rings. The predicted molar refractivity (Wildman–Crippen MR) is 66.2 cm³/mol. The first-order valence-electron chi connectivity index (χ1n) is 6.32. The van der Waals surface area contributed by atoms with Crippen molar-refractivity contribution in [3.8, 4) is 11.8 Å². The molecule has 0 amide bonds. The van der Waals surface area contributed by atoms with E-state index in [-0.39, 0.29) is 17.2 Å². The van der Waals surface area contributed by atoms with Gasteiger partial charge in [0.1, 0.15) is 0 Å². The van der Waals surface area contributed by atoms with Crippen molar-refractivity contribution in [2.24, 2.45) is 5.41 Å². The lowest BCUT2D eigenvalue weighted by atomic mass is 9.67. The van der Waals surface area contributed by atoms with Gasteiger partial charge in [-0.05, 0) is 37.5 Å². The van der Waals surface area contributed by atoms with Crippen molar-refractivity contribution in [3.05, 3.63) is 22.3 Å². The summed E-state index contributed by atoms with van der Waals surface area (Å²) in [6.07, 6.45) is 5.19. The van der Waals surface area contributed by atoms with Crippen molar-refractivity contribution in [2.45, 2.75) is 46.0 Å². The first kappa shape index (κ1) is 10.8. The highest BCUT2D eigenvalue weighted by Gasteiger charge is 2.35. The lowest BCUT2D eigenvalue weighted by Crippen LogP contribution is -2.25. The zero-order chi connectivity index (χ0) is 12.2. The number of nitrogens with one attached hydrogen (secondary N) is 1. The van der Waals surface area contributed by atoms with E-state index in [4.69, 9.17) is 0 Å². The minimum atomic E-state index is 0.144. The zero-order valence-electron chi connectivity index (χ0n) is 10.4. The maximum atomic E-state index is 9.80. The minimum Gasteiger partial charge on any atom is -0.494 e. The molecule has 0 aromatic carbocycles. The Labute approximate surface area is 101 Å². The molecule has 0 saturated heterocycles. The molecule has 0 radical (unpaired) electrons. The molecule has 17 heavy (non-hydrogen) atoms. The van der Waals surface area contributed by atoms with Crippen molar-refractivity contribution in [2.75, 3.05) is 0 Å². The number of hydrogen-bond acceptors (Lipinski definition) is 2. The van der Waals surface area contributed by atoms with Crippen molar-refractivity contribution < 1.29 is 10.2 Å². The number of rotatable bonds is 0. The third kappa shape index (κ3) is 1.48. The molecule has 1 aromatic heterocycles. The minimum absolute atomic E-state index is 0.144. The highest BCUT2D eigenvalue weighted by molar-refractivity contribution is 5.52. The molecule has 3 nitrogen and oxygen atoms in total. The summed E-state index contributed by atoms with van der Waals surface area (Å²) in [5, 5.41) is 19.6. The van der Waals surface area contributed by atoms with E-state index < -0.39 is 0 Å². The van der Waals surface area contributed by atoms with Crippen LogP contribution in [0, 0.1) is 5.41 Å². The van der Waals surface area contributed by atoms with Crippen LogP contribution < -0.4 is 0 Å². The zero-order valence-corrected chi connectivity index (χ0v) is 10.4. The van der Waals surface area contributed by atoms with Crippen LogP contribution in [-0.2, 0) is 12.8 Å². The van der Waals surface area contributed by atoms with Crippen molar-refractivity contribution >= 4 is 0 Å². The highest BCUT2D eigenvalue weighted by atomic mass is 16.3. The van der Waals surface area contributed by atoms with Gasteiger partial charge < -0.3 is 10.2 Å². The normalized spacial score (nSPS) is 22.2. The summed E-state index contributed by atoms with van der Waals surface area (Å²) in [4.78, 5) is 2.64. The van der Waals surface area contributed by atoms with Gasteiger partial charge in [0.2, 0.25) is 0 Å². The number of aromatic amines is 1. The van der Waals surface area contributed by atoms with Gasteiger partial charge in [0.25, 0.3) is 0 Å². The smallest absolute Gasteiger partial charge is 0.195 e. The fourth-order valence-corrected chi connectivity index (χ4v) is 3.40. The Bertz CT molecular complexity index is 509.